The number of nitrogens with zero attached hydrogens (tertiary/aromatic N) is 1. The zero-order valence-electron chi connectivity index (χ0n) is 10.9. The van der Waals surface area contributed by atoms with Crippen molar-refractivity contribution in [2.45, 2.75) is 46.1 Å². The molecule has 0 bridgehead atoms. The third kappa shape index (κ3) is 1.75. The van der Waals surface area contributed by atoms with E-state index < -0.39 is 0 Å². The Bertz CT molecular complexity index is 478. The van der Waals surface area contributed by atoms with Gasteiger partial charge in [0.2, 0.25) is 0 Å². The van der Waals surface area contributed by atoms with Crippen LogP contribution in [-0.4, -0.2) is 0 Å². The Labute approximate surface area is 103 Å². The van der Waals surface area contributed by atoms with Crippen LogP contribution in [0.2, 0.25) is 0 Å². The fraction of sp³-hybridized carbons (Fsp3) is 0.533. The molecule has 2 heteroatoms. The minimum absolute atomic E-state index is 0.138. The lowest BCUT2D eigenvalue weighted by Crippen LogP contribution is -2.39. The van der Waals surface area contributed by atoms with Gasteiger partial charge in [0.1, 0.15) is 0 Å². The van der Waals surface area contributed by atoms with Gasteiger partial charge < -0.3 is 5.73 Å². The first-order valence-electron chi connectivity index (χ1n) is 6.25. The molecule has 1 aromatic carbocycles. The number of hydrogen-bond donors (Lipinski definition) is 1. The summed E-state index contributed by atoms with van der Waals surface area (Å²) >= 11 is 0. The van der Waals surface area contributed by atoms with Gasteiger partial charge >= 0.3 is 0 Å². The number of aryl methyl sites for hydroxylation is 1. The molecular weight excluding hydrogens is 208 g/mol. The maximum Gasteiger partial charge on any atom is 0.0766 e. The first-order chi connectivity index (χ1) is 8.02. The molecule has 17 heavy (non-hydrogen) atoms. The number of rotatable bonds is 2. The molecule has 90 valence electrons. The van der Waals surface area contributed by atoms with Crippen LogP contribution in [0.3, 0.4) is 0 Å². The van der Waals surface area contributed by atoms with Crippen molar-refractivity contribution in [3.05, 3.63) is 34.4 Å². The molecule has 0 saturated heterocycles. The summed E-state index contributed by atoms with van der Waals surface area (Å²) in [4.78, 5) is 0. The zero-order chi connectivity index (χ0) is 12.6. The maximum absolute atomic E-state index is 9.35. The standard InChI is InChI=1S/C15H20N2/c1-10-5-6-13(12(3)11(10)2)14(17)15(9-16)7-4-8-15/h5-6,14H,4,7-8,17H2,1-3H3. The molecule has 1 unspecified atom stereocenters. The highest BCUT2D eigenvalue weighted by molar-refractivity contribution is 5.42. The number of hydrogen-bond acceptors (Lipinski definition) is 2. The molecule has 1 aromatic rings. The van der Waals surface area contributed by atoms with Gasteiger partial charge in [-0.15, -0.1) is 0 Å². The molecule has 1 aliphatic carbocycles. The van der Waals surface area contributed by atoms with Crippen molar-refractivity contribution in [1.82, 2.24) is 0 Å². The van der Waals surface area contributed by atoms with Crippen molar-refractivity contribution in [3.8, 4) is 6.07 Å². The molecule has 2 N–H and O–H groups in total. The van der Waals surface area contributed by atoms with E-state index in [1.54, 1.807) is 0 Å². The lowest BCUT2D eigenvalue weighted by Gasteiger charge is -2.41. The van der Waals surface area contributed by atoms with Gasteiger partial charge in [-0.05, 0) is 55.9 Å². The summed E-state index contributed by atoms with van der Waals surface area (Å²) in [6.07, 6.45) is 3.01. The SMILES string of the molecule is Cc1ccc(C(N)C2(C#N)CCC2)c(C)c1C. The van der Waals surface area contributed by atoms with E-state index in [1.165, 1.54) is 16.7 Å². The van der Waals surface area contributed by atoms with Crippen molar-refractivity contribution in [3.63, 3.8) is 0 Å². The molecule has 0 amide bonds. The molecular formula is C15H20N2. The molecule has 0 radical (unpaired) electrons. The van der Waals surface area contributed by atoms with E-state index in [0.717, 1.165) is 24.8 Å². The smallest absolute Gasteiger partial charge is 0.0766 e. The summed E-state index contributed by atoms with van der Waals surface area (Å²) < 4.78 is 0. The Morgan fingerprint density at radius 3 is 2.35 bits per heavy atom. The predicted octanol–water partition coefficient (Wildman–Crippen LogP) is 3.31. The summed E-state index contributed by atoms with van der Waals surface area (Å²) in [5.41, 5.74) is 11.0. The monoisotopic (exact) mass is 228 g/mol. The average Bonchev–Trinajstić information content (AvgIpc) is 2.25. The third-order valence-corrected chi connectivity index (χ3v) is 4.50. The number of benzene rings is 1. The molecule has 0 spiro atoms. The molecule has 1 fully saturated rings. The topological polar surface area (TPSA) is 49.8 Å². The van der Waals surface area contributed by atoms with Crippen LogP contribution in [-0.2, 0) is 0 Å². The van der Waals surface area contributed by atoms with Crippen LogP contribution in [0.25, 0.3) is 0 Å². The van der Waals surface area contributed by atoms with Crippen molar-refractivity contribution in [2.75, 3.05) is 0 Å². The van der Waals surface area contributed by atoms with E-state index in [0.29, 0.717) is 0 Å². The summed E-state index contributed by atoms with van der Waals surface area (Å²) in [5.74, 6) is 0. The van der Waals surface area contributed by atoms with Gasteiger partial charge in [-0.3, -0.25) is 0 Å². The lowest BCUT2D eigenvalue weighted by atomic mass is 9.63. The second-order valence-corrected chi connectivity index (χ2v) is 5.32. The molecule has 0 aliphatic heterocycles. The molecule has 2 rings (SSSR count). The van der Waals surface area contributed by atoms with Crippen LogP contribution in [0.5, 0.6) is 0 Å². The van der Waals surface area contributed by atoms with Crippen LogP contribution in [0.4, 0.5) is 0 Å². The largest absolute Gasteiger partial charge is 0.323 e. The van der Waals surface area contributed by atoms with Crippen LogP contribution in [0.1, 0.15) is 47.6 Å². The number of nitrogens with two attached hydrogens (primary N) is 1. The molecule has 1 aliphatic rings. The normalized spacial score (nSPS) is 19.2. The van der Waals surface area contributed by atoms with Crippen molar-refractivity contribution < 1.29 is 0 Å². The molecule has 0 aromatic heterocycles. The third-order valence-electron chi connectivity index (χ3n) is 4.50. The Balaban J connectivity index is 2.42. The highest BCUT2D eigenvalue weighted by Gasteiger charge is 2.44. The summed E-state index contributed by atoms with van der Waals surface area (Å²) in [6, 6.07) is 6.52. The summed E-state index contributed by atoms with van der Waals surface area (Å²) in [5, 5.41) is 9.35. The Hall–Kier alpha value is -1.33. The first kappa shape index (κ1) is 12.1. The number of nitriles is 1. The fourth-order valence-corrected chi connectivity index (χ4v) is 2.66. The van der Waals surface area contributed by atoms with Crippen LogP contribution in [0.15, 0.2) is 12.1 Å². The van der Waals surface area contributed by atoms with Gasteiger partial charge in [-0.25, -0.2) is 0 Å². The minimum atomic E-state index is -0.313. The van der Waals surface area contributed by atoms with Gasteiger partial charge in [-0.2, -0.15) is 5.26 Å². The average molecular weight is 228 g/mol. The van der Waals surface area contributed by atoms with E-state index in [-0.39, 0.29) is 11.5 Å². The van der Waals surface area contributed by atoms with Gasteiger partial charge in [0, 0.05) is 6.04 Å². The van der Waals surface area contributed by atoms with Gasteiger partial charge in [0.25, 0.3) is 0 Å². The van der Waals surface area contributed by atoms with Crippen LogP contribution < -0.4 is 5.73 Å². The summed E-state index contributed by atoms with van der Waals surface area (Å²) in [6.45, 7) is 6.35. The van der Waals surface area contributed by atoms with Gasteiger partial charge in [0.05, 0.1) is 11.5 Å². The van der Waals surface area contributed by atoms with E-state index >= 15 is 0 Å². The van der Waals surface area contributed by atoms with Crippen molar-refractivity contribution in [1.29, 1.82) is 5.26 Å². The zero-order valence-corrected chi connectivity index (χ0v) is 10.9. The molecule has 0 heterocycles. The predicted molar refractivity (Wildman–Crippen MR) is 69.5 cm³/mol. The first-order valence-corrected chi connectivity index (χ1v) is 6.25. The summed E-state index contributed by atoms with van der Waals surface area (Å²) in [7, 11) is 0. The Morgan fingerprint density at radius 2 is 1.88 bits per heavy atom. The molecule has 1 atom stereocenters. The quantitative estimate of drug-likeness (QED) is 0.844. The van der Waals surface area contributed by atoms with Gasteiger partial charge in [0.15, 0.2) is 0 Å². The van der Waals surface area contributed by atoms with E-state index in [9.17, 15) is 5.26 Å². The fourth-order valence-electron chi connectivity index (χ4n) is 2.66. The van der Waals surface area contributed by atoms with Gasteiger partial charge in [-0.1, -0.05) is 18.6 Å². The lowest BCUT2D eigenvalue weighted by molar-refractivity contribution is 0.168. The van der Waals surface area contributed by atoms with E-state index in [1.807, 2.05) is 0 Å². The van der Waals surface area contributed by atoms with Crippen LogP contribution >= 0.6 is 0 Å². The second-order valence-electron chi connectivity index (χ2n) is 5.32. The minimum Gasteiger partial charge on any atom is -0.323 e. The Kier molecular flexibility index (Phi) is 2.97. The highest BCUT2D eigenvalue weighted by Crippen LogP contribution is 2.49. The van der Waals surface area contributed by atoms with Crippen LogP contribution in [0, 0.1) is 37.5 Å². The maximum atomic E-state index is 9.35. The Morgan fingerprint density at radius 1 is 1.24 bits per heavy atom. The molecule has 2 nitrogen and oxygen atoms in total. The van der Waals surface area contributed by atoms with Crippen molar-refractivity contribution in [2.24, 2.45) is 11.1 Å². The molecule has 1 saturated carbocycles. The van der Waals surface area contributed by atoms with Crippen molar-refractivity contribution >= 4 is 0 Å². The second kappa shape index (κ2) is 4.16. The highest BCUT2D eigenvalue weighted by atomic mass is 14.7. The van der Waals surface area contributed by atoms with E-state index in [2.05, 4.69) is 39.0 Å². The van der Waals surface area contributed by atoms with E-state index in [4.69, 9.17) is 5.73 Å².